The van der Waals surface area contributed by atoms with Crippen LogP contribution in [0.4, 0.5) is 4.79 Å². The number of amides is 1. The molecule has 4 heterocycles. The van der Waals surface area contributed by atoms with Crippen LogP contribution >= 0.6 is 0 Å². The Balaban J connectivity index is 1.57. The van der Waals surface area contributed by atoms with Crippen molar-refractivity contribution in [3.63, 3.8) is 0 Å². The van der Waals surface area contributed by atoms with Gasteiger partial charge in [0.2, 0.25) is 5.88 Å². The number of hydrogen-bond donors (Lipinski definition) is 0. The van der Waals surface area contributed by atoms with Crippen molar-refractivity contribution in [3.05, 3.63) is 18.2 Å². The number of aryl methyl sites for hydroxylation is 2. The predicted octanol–water partition coefficient (Wildman–Crippen LogP) is 2.94. The number of imidazole rings is 1. The molecule has 31 heavy (non-hydrogen) atoms. The second-order valence-electron chi connectivity index (χ2n) is 8.76. The summed E-state index contributed by atoms with van der Waals surface area (Å²) in [6, 6.07) is 0. The monoisotopic (exact) mass is 427 g/mol. The molecule has 1 amide bonds. The molecular formula is C21H29N7O3. The quantitative estimate of drug-likeness (QED) is 0.631. The lowest BCUT2D eigenvalue weighted by Gasteiger charge is -2.24. The highest BCUT2D eigenvalue weighted by atomic mass is 16.6. The first-order valence-electron chi connectivity index (χ1n) is 10.5. The summed E-state index contributed by atoms with van der Waals surface area (Å²) < 4.78 is 15.5. The highest BCUT2D eigenvalue weighted by Gasteiger charge is 2.32. The molecule has 0 radical (unpaired) electrons. The Hall–Kier alpha value is -3.17. The zero-order chi connectivity index (χ0) is 22.3. The summed E-state index contributed by atoms with van der Waals surface area (Å²) in [5.41, 5.74) is 2.75. The summed E-state index contributed by atoms with van der Waals surface area (Å²) in [6.45, 7) is 11.5. The Labute approximate surface area is 181 Å². The molecule has 3 aromatic heterocycles. The van der Waals surface area contributed by atoms with Crippen LogP contribution in [0.2, 0.25) is 0 Å². The van der Waals surface area contributed by atoms with Gasteiger partial charge in [-0.1, -0.05) is 0 Å². The summed E-state index contributed by atoms with van der Waals surface area (Å²) in [6.07, 6.45) is 3.50. The minimum absolute atomic E-state index is 0.180. The number of nitrogens with zero attached hydrogens (tertiary/aromatic N) is 7. The van der Waals surface area contributed by atoms with Gasteiger partial charge in [-0.25, -0.2) is 14.8 Å². The molecule has 1 aliphatic heterocycles. The summed E-state index contributed by atoms with van der Waals surface area (Å²) in [7, 11) is 1.92. The topological polar surface area (TPSA) is 100 Å². The SMILES string of the molecule is CCn1ncc(-c2nc3c(O[C@H]4CCN(C(=O)OC(C)(C)C)C4)ncnc3n2C)c1C. The van der Waals surface area contributed by atoms with Crippen LogP contribution in [-0.2, 0) is 18.3 Å². The number of rotatable bonds is 4. The number of hydrogen-bond acceptors (Lipinski definition) is 7. The van der Waals surface area contributed by atoms with Crippen LogP contribution in [0.5, 0.6) is 5.88 Å². The van der Waals surface area contributed by atoms with Crippen molar-refractivity contribution in [2.75, 3.05) is 13.1 Å². The highest BCUT2D eigenvalue weighted by Crippen LogP contribution is 2.30. The minimum atomic E-state index is -0.525. The molecule has 1 atom stereocenters. The minimum Gasteiger partial charge on any atom is -0.471 e. The van der Waals surface area contributed by atoms with Crippen LogP contribution in [-0.4, -0.2) is 65.1 Å². The molecule has 0 spiro atoms. The van der Waals surface area contributed by atoms with Crippen LogP contribution < -0.4 is 4.74 Å². The summed E-state index contributed by atoms with van der Waals surface area (Å²) in [5.74, 6) is 1.18. The van der Waals surface area contributed by atoms with E-state index in [1.807, 2.05) is 50.2 Å². The van der Waals surface area contributed by atoms with Gasteiger partial charge in [0.05, 0.1) is 18.3 Å². The first-order valence-corrected chi connectivity index (χ1v) is 10.5. The number of ether oxygens (including phenoxy) is 2. The molecule has 0 aliphatic carbocycles. The lowest BCUT2D eigenvalue weighted by molar-refractivity contribution is 0.0275. The number of carbonyl (C=O) groups excluding carboxylic acids is 1. The highest BCUT2D eigenvalue weighted by molar-refractivity contribution is 5.81. The number of aromatic nitrogens is 6. The first kappa shape index (κ1) is 21.1. The van der Waals surface area contributed by atoms with E-state index in [1.54, 1.807) is 4.90 Å². The van der Waals surface area contributed by atoms with Crippen LogP contribution in [0.1, 0.15) is 39.8 Å². The molecular weight excluding hydrogens is 398 g/mol. The number of likely N-dealkylation sites (tertiary alicyclic amines) is 1. The first-order chi connectivity index (χ1) is 14.7. The lowest BCUT2D eigenvalue weighted by atomic mass is 10.2. The molecule has 1 fully saturated rings. The molecule has 0 N–H and O–H groups in total. The normalized spacial score (nSPS) is 16.8. The summed E-state index contributed by atoms with van der Waals surface area (Å²) in [4.78, 5) is 27.5. The van der Waals surface area contributed by atoms with Gasteiger partial charge in [-0.15, -0.1) is 0 Å². The third-order valence-electron chi connectivity index (χ3n) is 5.34. The van der Waals surface area contributed by atoms with E-state index in [0.29, 0.717) is 36.6 Å². The van der Waals surface area contributed by atoms with Crippen molar-refractivity contribution in [1.29, 1.82) is 0 Å². The fourth-order valence-electron chi connectivity index (χ4n) is 3.76. The van der Waals surface area contributed by atoms with Gasteiger partial charge in [0.15, 0.2) is 11.2 Å². The maximum absolute atomic E-state index is 12.3. The summed E-state index contributed by atoms with van der Waals surface area (Å²) >= 11 is 0. The fraction of sp³-hybridized carbons (Fsp3) is 0.571. The van der Waals surface area contributed by atoms with E-state index in [9.17, 15) is 4.79 Å². The van der Waals surface area contributed by atoms with Gasteiger partial charge < -0.3 is 18.9 Å². The van der Waals surface area contributed by atoms with Gasteiger partial charge >= 0.3 is 6.09 Å². The van der Waals surface area contributed by atoms with Crippen molar-refractivity contribution in [2.24, 2.45) is 7.05 Å². The molecule has 0 aromatic carbocycles. The zero-order valence-corrected chi connectivity index (χ0v) is 18.9. The van der Waals surface area contributed by atoms with Gasteiger partial charge in [0, 0.05) is 32.3 Å². The van der Waals surface area contributed by atoms with Gasteiger partial charge in [-0.2, -0.15) is 10.1 Å². The maximum Gasteiger partial charge on any atom is 0.410 e. The van der Waals surface area contributed by atoms with Gasteiger partial charge in [-0.05, 0) is 34.6 Å². The van der Waals surface area contributed by atoms with Gasteiger partial charge in [-0.3, -0.25) is 4.68 Å². The molecule has 1 saturated heterocycles. The second-order valence-corrected chi connectivity index (χ2v) is 8.76. The standard InChI is InChI=1S/C21H29N7O3/c1-7-28-13(2)15(10-24-28)17-25-16-18(26(17)6)22-12-23-19(16)30-14-8-9-27(11-14)20(29)31-21(3,4)5/h10,12,14H,7-9,11H2,1-6H3/t14-/m0/s1. The third-order valence-corrected chi connectivity index (χ3v) is 5.34. The predicted molar refractivity (Wildman–Crippen MR) is 115 cm³/mol. The molecule has 0 saturated carbocycles. The van der Waals surface area contributed by atoms with Crippen molar-refractivity contribution in [3.8, 4) is 17.3 Å². The molecule has 166 valence electrons. The van der Waals surface area contributed by atoms with Crippen molar-refractivity contribution >= 4 is 17.3 Å². The smallest absolute Gasteiger partial charge is 0.410 e. The lowest BCUT2D eigenvalue weighted by Crippen LogP contribution is -2.36. The summed E-state index contributed by atoms with van der Waals surface area (Å²) in [5, 5.41) is 4.42. The molecule has 4 rings (SSSR count). The molecule has 10 nitrogen and oxygen atoms in total. The van der Waals surface area contributed by atoms with Crippen LogP contribution in [0.3, 0.4) is 0 Å². The Bertz CT molecular complexity index is 1110. The van der Waals surface area contributed by atoms with E-state index in [0.717, 1.165) is 23.6 Å². The largest absolute Gasteiger partial charge is 0.471 e. The van der Waals surface area contributed by atoms with Crippen LogP contribution in [0, 0.1) is 6.92 Å². The van der Waals surface area contributed by atoms with Crippen molar-refractivity contribution in [2.45, 2.75) is 59.3 Å². The van der Waals surface area contributed by atoms with Gasteiger partial charge in [0.25, 0.3) is 0 Å². The zero-order valence-electron chi connectivity index (χ0n) is 18.9. The molecule has 3 aromatic rings. The van der Waals surface area contributed by atoms with Crippen LogP contribution in [0.25, 0.3) is 22.6 Å². The van der Waals surface area contributed by atoms with E-state index < -0.39 is 5.60 Å². The van der Waals surface area contributed by atoms with Crippen LogP contribution in [0.15, 0.2) is 12.5 Å². The molecule has 1 aliphatic rings. The Kier molecular flexibility index (Phi) is 5.32. The Morgan fingerprint density at radius 1 is 1.29 bits per heavy atom. The molecule has 0 bridgehead atoms. The van der Waals surface area contributed by atoms with Crippen molar-refractivity contribution < 1.29 is 14.3 Å². The Morgan fingerprint density at radius 3 is 2.74 bits per heavy atom. The van der Waals surface area contributed by atoms with E-state index in [1.165, 1.54) is 6.33 Å². The average molecular weight is 428 g/mol. The van der Waals surface area contributed by atoms with E-state index >= 15 is 0 Å². The number of carbonyl (C=O) groups is 1. The van der Waals surface area contributed by atoms with E-state index in [2.05, 4.69) is 22.0 Å². The Morgan fingerprint density at radius 2 is 2.06 bits per heavy atom. The molecule has 10 heteroatoms. The van der Waals surface area contributed by atoms with Gasteiger partial charge in [0.1, 0.15) is 23.9 Å². The molecule has 0 unspecified atom stereocenters. The fourth-order valence-corrected chi connectivity index (χ4v) is 3.76. The third kappa shape index (κ3) is 4.06. The van der Waals surface area contributed by atoms with E-state index in [-0.39, 0.29) is 12.2 Å². The van der Waals surface area contributed by atoms with Crippen molar-refractivity contribution in [1.82, 2.24) is 34.2 Å². The number of fused-ring (bicyclic) bond motifs is 1. The maximum atomic E-state index is 12.3. The second kappa shape index (κ2) is 7.82. The van der Waals surface area contributed by atoms with E-state index in [4.69, 9.17) is 14.5 Å². The average Bonchev–Trinajstić information content (AvgIpc) is 3.39.